The van der Waals surface area contributed by atoms with Crippen LogP contribution in [0.15, 0.2) is 30.6 Å². The van der Waals surface area contributed by atoms with Crippen LogP contribution in [0.5, 0.6) is 11.5 Å². The highest BCUT2D eigenvalue weighted by molar-refractivity contribution is 5.47. The zero-order valence-corrected chi connectivity index (χ0v) is 14.0. The number of hydrogen-bond donors (Lipinski definition) is 2. The van der Waals surface area contributed by atoms with Crippen LogP contribution in [-0.4, -0.2) is 41.9 Å². The minimum Gasteiger partial charge on any atom is -0.493 e. The van der Waals surface area contributed by atoms with Gasteiger partial charge in [0.05, 0.1) is 20.3 Å². The van der Waals surface area contributed by atoms with Crippen molar-refractivity contribution in [3.63, 3.8) is 0 Å². The first-order chi connectivity index (χ1) is 11.7. The predicted molar refractivity (Wildman–Crippen MR) is 91.8 cm³/mol. The molecule has 1 aromatic carbocycles. The Morgan fingerprint density at radius 1 is 1.21 bits per heavy atom. The number of aliphatic hydroxyl groups is 1. The maximum atomic E-state index is 9.43. The van der Waals surface area contributed by atoms with E-state index in [2.05, 4.69) is 15.3 Å². The highest BCUT2D eigenvalue weighted by atomic mass is 16.5. The second kappa shape index (κ2) is 7.49. The van der Waals surface area contributed by atoms with Gasteiger partial charge in [0.15, 0.2) is 11.5 Å². The number of aliphatic hydroxyl groups excluding tert-OH is 1. The first-order valence-corrected chi connectivity index (χ1v) is 8.15. The van der Waals surface area contributed by atoms with Crippen molar-refractivity contribution in [3.8, 4) is 11.5 Å². The van der Waals surface area contributed by atoms with E-state index in [0.29, 0.717) is 5.92 Å². The van der Waals surface area contributed by atoms with Crippen molar-refractivity contribution in [1.82, 2.24) is 9.97 Å². The number of methoxy groups -OCH3 is 2. The molecule has 0 atom stereocenters. The molecule has 6 heteroatoms. The second-order valence-electron chi connectivity index (χ2n) is 5.98. The lowest BCUT2D eigenvalue weighted by atomic mass is 9.80. The lowest BCUT2D eigenvalue weighted by Crippen LogP contribution is -2.27. The highest BCUT2D eigenvalue weighted by Gasteiger charge is 2.29. The summed E-state index contributed by atoms with van der Waals surface area (Å²) in [4.78, 5) is 8.58. The molecule has 128 valence electrons. The van der Waals surface area contributed by atoms with E-state index >= 15 is 0 Å². The average Bonchev–Trinajstić information content (AvgIpc) is 2.59. The van der Waals surface area contributed by atoms with Gasteiger partial charge in [0.1, 0.15) is 12.1 Å². The minimum absolute atomic E-state index is 0.179. The van der Waals surface area contributed by atoms with E-state index in [4.69, 9.17) is 9.47 Å². The summed E-state index contributed by atoms with van der Waals surface area (Å²) in [5.74, 6) is 2.67. The standard InChI is InChI=1S/C18H23N3O3/c1-23-16-5-3-4-12(18(16)24-2)6-7-19-17-10-15(20-11-21-17)13-8-14(22)9-13/h3-5,10-11,13-14,22H,6-9H2,1-2H3,(H,19,20,21). The molecule has 1 aliphatic rings. The lowest BCUT2D eigenvalue weighted by Gasteiger charge is -2.30. The predicted octanol–water partition coefficient (Wildman–Crippen LogP) is 2.39. The summed E-state index contributed by atoms with van der Waals surface area (Å²) in [6.45, 7) is 0.729. The van der Waals surface area contributed by atoms with Gasteiger partial charge in [-0.15, -0.1) is 0 Å². The molecule has 1 fully saturated rings. The van der Waals surface area contributed by atoms with E-state index in [1.165, 1.54) is 0 Å². The van der Waals surface area contributed by atoms with Crippen LogP contribution in [0.1, 0.15) is 30.0 Å². The summed E-state index contributed by atoms with van der Waals surface area (Å²) in [7, 11) is 3.29. The summed E-state index contributed by atoms with van der Waals surface area (Å²) < 4.78 is 10.8. The third kappa shape index (κ3) is 3.59. The van der Waals surface area contributed by atoms with Crippen LogP contribution < -0.4 is 14.8 Å². The summed E-state index contributed by atoms with van der Waals surface area (Å²) in [6.07, 6.45) is 3.77. The summed E-state index contributed by atoms with van der Waals surface area (Å²) in [5, 5.41) is 12.8. The molecule has 0 unspecified atom stereocenters. The maximum Gasteiger partial charge on any atom is 0.163 e. The van der Waals surface area contributed by atoms with Gasteiger partial charge in [0.2, 0.25) is 0 Å². The second-order valence-corrected chi connectivity index (χ2v) is 5.98. The van der Waals surface area contributed by atoms with Crippen molar-refractivity contribution < 1.29 is 14.6 Å². The number of nitrogens with zero attached hydrogens (tertiary/aromatic N) is 2. The third-order valence-electron chi connectivity index (χ3n) is 4.40. The summed E-state index contributed by atoms with van der Waals surface area (Å²) in [6, 6.07) is 7.85. The molecule has 1 aromatic heterocycles. The third-order valence-corrected chi connectivity index (χ3v) is 4.40. The van der Waals surface area contributed by atoms with E-state index in [9.17, 15) is 5.11 Å². The van der Waals surface area contributed by atoms with Gasteiger partial charge in [-0.3, -0.25) is 0 Å². The van der Waals surface area contributed by atoms with Crippen LogP contribution in [0.25, 0.3) is 0 Å². The SMILES string of the molecule is COc1cccc(CCNc2cc(C3CC(O)C3)ncn2)c1OC. The van der Waals surface area contributed by atoms with E-state index in [1.54, 1.807) is 20.5 Å². The molecular weight excluding hydrogens is 306 g/mol. The smallest absolute Gasteiger partial charge is 0.163 e. The first-order valence-electron chi connectivity index (χ1n) is 8.15. The minimum atomic E-state index is -0.179. The molecule has 6 nitrogen and oxygen atoms in total. The van der Waals surface area contributed by atoms with E-state index in [0.717, 1.165) is 54.4 Å². The summed E-state index contributed by atoms with van der Waals surface area (Å²) in [5.41, 5.74) is 2.08. The van der Waals surface area contributed by atoms with Crippen molar-refractivity contribution in [1.29, 1.82) is 0 Å². The van der Waals surface area contributed by atoms with E-state index < -0.39 is 0 Å². The van der Waals surface area contributed by atoms with Crippen LogP contribution in [-0.2, 0) is 6.42 Å². The van der Waals surface area contributed by atoms with Gasteiger partial charge in [0.25, 0.3) is 0 Å². The van der Waals surface area contributed by atoms with Crippen molar-refractivity contribution in [3.05, 3.63) is 41.9 Å². The number of para-hydroxylation sites is 1. The summed E-state index contributed by atoms with van der Waals surface area (Å²) >= 11 is 0. The molecule has 0 amide bonds. The van der Waals surface area contributed by atoms with Gasteiger partial charge in [-0.05, 0) is 30.9 Å². The number of rotatable bonds is 7. The van der Waals surface area contributed by atoms with Crippen LogP contribution in [0.4, 0.5) is 5.82 Å². The number of hydrogen-bond acceptors (Lipinski definition) is 6. The molecule has 0 radical (unpaired) electrons. The fraction of sp³-hybridized carbons (Fsp3) is 0.444. The van der Waals surface area contributed by atoms with Crippen molar-refractivity contribution in [2.24, 2.45) is 0 Å². The highest BCUT2D eigenvalue weighted by Crippen LogP contribution is 2.36. The Morgan fingerprint density at radius 3 is 2.75 bits per heavy atom. The molecule has 1 heterocycles. The number of benzene rings is 1. The molecule has 24 heavy (non-hydrogen) atoms. The molecule has 0 saturated heterocycles. The Bertz CT molecular complexity index is 687. The fourth-order valence-corrected chi connectivity index (χ4v) is 3.00. The Hall–Kier alpha value is -2.34. The zero-order valence-electron chi connectivity index (χ0n) is 14.0. The number of nitrogens with one attached hydrogen (secondary N) is 1. The Morgan fingerprint density at radius 2 is 2.04 bits per heavy atom. The van der Waals surface area contributed by atoms with Crippen LogP contribution >= 0.6 is 0 Å². The van der Waals surface area contributed by atoms with Crippen molar-refractivity contribution in [2.45, 2.75) is 31.3 Å². The van der Waals surface area contributed by atoms with Gasteiger partial charge in [-0.2, -0.15) is 0 Å². The number of ether oxygens (including phenoxy) is 2. The largest absolute Gasteiger partial charge is 0.493 e. The normalized spacial score (nSPS) is 19.5. The Kier molecular flexibility index (Phi) is 5.15. The molecule has 1 aliphatic carbocycles. The van der Waals surface area contributed by atoms with E-state index in [-0.39, 0.29) is 6.10 Å². The maximum absolute atomic E-state index is 9.43. The monoisotopic (exact) mass is 329 g/mol. The van der Waals surface area contributed by atoms with Gasteiger partial charge in [-0.25, -0.2) is 9.97 Å². The topological polar surface area (TPSA) is 76.5 Å². The number of anilines is 1. The van der Waals surface area contributed by atoms with Gasteiger partial charge in [-0.1, -0.05) is 12.1 Å². The van der Waals surface area contributed by atoms with Crippen molar-refractivity contribution in [2.75, 3.05) is 26.1 Å². The Balaban J connectivity index is 1.60. The zero-order chi connectivity index (χ0) is 16.9. The molecule has 3 rings (SSSR count). The molecular formula is C18H23N3O3. The number of aromatic nitrogens is 2. The average molecular weight is 329 g/mol. The fourth-order valence-electron chi connectivity index (χ4n) is 3.00. The molecule has 1 saturated carbocycles. The van der Waals surface area contributed by atoms with Gasteiger partial charge >= 0.3 is 0 Å². The van der Waals surface area contributed by atoms with Crippen molar-refractivity contribution >= 4 is 5.82 Å². The van der Waals surface area contributed by atoms with Gasteiger partial charge in [0, 0.05) is 24.2 Å². The molecule has 0 bridgehead atoms. The van der Waals surface area contributed by atoms with E-state index in [1.807, 2.05) is 24.3 Å². The quantitative estimate of drug-likeness (QED) is 0.812. The first kappa shape index (κ1) is 16.5. The molecule has 0 aliphatic heterocycles. The van der Waals surface area contributed by atoms with Gasteiger partial charge < -0.3 is 19.9 Å². The molecule has 0 spiro atoms. The van der Waals surface area contributed by atoms with Crippen LogP contribution in [0.3, 0.4) is 0 Å². The Labute approximate surface area is 141 Å². The van der Waals surface area contributed by atoms with Crippen LogP contribution in [0, 0.1) is 0 Å². The molecule has 2 aromatic rings. The van der Waals surface area contributed by atoms with Crippen LogP contribution in [0.2, 0.25) is 0 Å². The lowest BCUT2D eigenvalue weighted by molar-refractivity contribution is 0.0732. The molecule has 2 N–H and O–H groups in total.